The van der Waals surface area contributed by atoms with Gasteiger partial charge in [0.1, 0.15) is 5.69 Å². The standard InChI is InChI=1S/C17H17N5O2S/c23-17(14-9-18-12-3-1-2-4-13(12)20-14)19-10-15-21-16(22-24-15)11-5-7-25-8-6-11/h1-4,9,11H,5-8,10H2,(H,19,23). The van der Waals surface area contributed by atoms with Crippen LogP contribution in [0.2, 0.25) is 0 Å². The van der Waals surface area contributed by atoms with Gasteiger partial charge in [0.25, 0.3) is 5.91 Å². The zero-order chi connectivity index (χ0) is 17.1. The molecule has 2 aromatic heterocycles. The van der Waals surface area contributed by atoms with Crippen molar-refractivity contribution in [2.75, 3.05) is 11.5 Å². The minimum atomic E-state index is -0.313. The topological polar surface area (TPSA) is 93.8 Å². The van der Waals surface area contributed by atoms with Crippen molar-refractivity contribution in [3.63, 3.8) is 0 Å². The van der Waals surface area contributed by atoms with Gasteiger partial charge in [-0.25, -0.2) is 4.98 Å². The number of fused-ring (bicyclic) bond motifs is 1. The van der Waals surface area contributed by atoms with E-state index in [-0.39, 0.29) is 18.1 Å². The van der Waals surface area contributed by atoms with Gasteiger partial charge in [0.15, 0.2) is 5.82 Å². The number of rotatable bonds is 4. The van der Waals surface area contributed by atoms with Crippen LogP contribution in [0, 0.1) is 0 Å². The highest BCUT2D eigenvalue weighted by Crippen LogP contribution is 2.29. The molecule has 1 fully saturated rings. The molecule has 128 valence electrons. The van der Waals surface area contributed by atoms with Gasteiger partial charge in [0.2, 0.25) is 5.89 Å². The Morgan fingerprint density at radius 2 is 2.00 bits per heavy atom. The summed E-state index contributed by atoms with van der Waals surface area (Å²) in [7, 11) is 0. The molecule has 0 atom stereocenters. The lowest BCUT2D eigenvalue weighted by Gasteiger charge is -2.17. The molecule has 1 aliphatic heterocycles. The first kappa shape index (κ1) is 16.0. The number of amides is 1. The fourth-order valence-electron chi connectivity index (χ4n) is 2.77. The third-order valence-electron chi connectivity index (χ3n) is 4.15. The number of carbonyl (C=O) groups is 1. The zero-order valence-corrected chi connectivity index (χ0v) is 14.3. The number of hydrogen-bond acceptors (Lipinski definition) is 7. The fraction of sp³-hybridized carbons (Fsp3) is 0.353. The highest BCUT2D eigenvalue weighted by molar-refractivity contribution is 7.99. The molecule has 0 aliphatic carbocycles. The predicted octanol–water partition coefficient (Wildman–Crippen LogP) is 2.55. The first-order chi connectivity index (χ1) is 12.3. The van der Waals surface area contributed by atoms with Gasteiger partial charge in [-0.2, -0.15) is 16.7 Å². The van der Waals surface area contributed by atoms with Crippen molar-refractivity contribution in [2.24, 2.45) is 0 Å². The molecule has 1 amide bonds. The summed E-state index contributed by atoms with van der Waals surface area (Å²) >= 11 is 1.96. The Morgan fingerprint density at radius 1 is 1.20 bits per heavy atom. The Hall–Kier alpha value is -2.48. The van der Waals surface area contributed by atoms with Crippen LogP contribution in [0.1, 0.15) is 41.0 Å². The maximum Gasteiger partial charge on any atom is 0.271 e. The molecule has 7 nitrogen and oxygen atoms in total. The van der Waals surface area contributed by atoms with Crippen molar-refractivity contribution in [2.45, 2.75) is 25.3 Å². The summed E-state index contributed by atoms with van der Waals surface area (Å²) in [6.07, 6.45) is 3.61. The van der Waals surface area contributed by atoms with Gasteiger partial charge in [-0.15, -0.1) is 0 Å². The number of hydrogen-bond donors (Lipinski definition) is 1. The zero-order valence-electron chi connectivity index (χ0n) is 13.5. The van der Waals surface area contributed by atoms with E-state index in [1.54, 1.807) is 0 Å². The molecule has 0 unspecified atom stereocenters. The van der Waals surface area contributed by atoms with Crippen molar-refractivity contribution >= 4 is 28.7 Å². The Balaban J connectivity index is 1.40. The van der Waals surface area contributed by atoms with Crippen LogP contribution in [-0.4, -0.2) is 37.5 Å². The number of aromatic nitrogens is 4. The van der Waals surface area contributed by atoms with Crippen LogP contribution in [0.25, 0.3) is 11.0 Å². The summed E-state index contributed by atoms with van der Waals surface area (Å²) < 4.78 is 5.26. The minimum Gasteiger partial charge on any atom is -0.342 e. The quantitative estimate of drug-likeness (QED) is 0.768. The molecule has 1 saturated heterocycles. The van der Waals surface area contributed by atoms with E-state index in [0.717, 1.165) is 35.7 Å². The lowest BCUT2D eigenvalue weighted by Crippen LogP contribution is -2.24. The molecule has 0 saturated carbocycles. The molecule has 25 heavy (non-hydrogen) atoms. The van der Waals surface area contributed by atoms with Gasteiger partial charge < -0.3 is 9.84 Å². The normalized spacial score (nSPS) is 15.4. The van der Waals surface area contributed by atoms with E-state index < -0.39 is 0 Å². The smallest absolute Gasteiger partial charge is 0.271 e. The molecule has 3 heterocycles. The average molecular weight is 355 g/mol. The van der Waals surface area contributed by atoms with Gasteiger partial charge in [-0.3, -0.25) is 9.78 Å². The SMILES string of the molecule is O=C(NCc1nc(C2CCSCC2)no1)c1cnc2ccccc2n1. The molecule has 1 N–H and O–H groups in total. The monoisotopic (exact) mass is 355 g/mol. The van der Waals surface area contributed by atoms with E-state index in [2.05, 4.69) is 25.4 Å². The Bertz CT molecular complexity index is 891. The Kier molecular flexibility index (Phi) is 4.60. The molecule has 8 heteroatoms. The lowest BCUT2D eigenvalue weighted by molar-refractivity contribution is 0.0941. The molecular formula is C17H17N5O2S. The number of thioether (sulfide) groups is 1. The molecule has 0 radical (unpaired) electrons. The van der Waals surface area contributed by atoms with Crippen LogP contribution >= 0.6 is 11.8 Å². The summed E-state index contributed by atoms with van der Waals surface area (Å²) in [5.74, 6) is 3.47. The van der Waals surface area contributed by atoms with Gasteiger partial charge in [-0.05, 0) is 36.5 Å². The van der Waals surface area contributed by atoms with Crippen LogP contribution in [0.5, 0.6) is 0 Å². The summed E-state index contributed by atoms with van der Waals surface area (Å²) in [5, 5.41) is 6.81. The highest BCUT2D eigenvalue weighted by Gasteiger charge is 2.21. The van der Waals surface area contributed by atoms with E-state index in [4.69, 9.17) is 4.52 Å². The number of nitrogens with one attached hydrogen (secondary N) is 1. The lowest BCUT2D eigenvalue weighted by atomic mass is 10.0. The summed E-state index contributed by atoms with van der Waals surface area (Å²) in [6.45, 7) is 0.182. The summed E-state index contributed by atoms with van der Waals surface area (Å²) in [4.78, 5) is 25.2. The maximum atomic E-state index is 12.3. The van der Waals surface area contributed by atoms with Crippen LogP contribution < -0.4 is 5.32 Å². The minimum absolute atomic E-state index is 0.182. The van der Waals surface area contributed by atoms with Crippen LogP contribution in [-0.2, 0) is 6.54 Å². The largest absolute Gasteiger partial charge is 0.342 e. The molecular weight excluding hydrogens is 338 g/mol. The summed E-state index contributed by atoms with van der Waals surface area (Å²) in [5.41, 5.74) is 1.71. The number of benzene rings is 1. The molecule has 1 aromatic carbocycles. The summed E-state index contributed by atoms with van der Waals surface area (Å²) in [6, 6.07) is 7.43. The van der Waals surface area contributed by atoms with Crippen LogP contribution in [0.15, 0.2) is 35.0 Å². The second-order valence-corrected chi connectivity index (χ2v) is 7.08. The number of para-hydroxylation sites is 2. The highest BCUT2D eigenvalue weighted by atomic mass is 32.2. The van der Waals surface area contributed by atoms with E-state index in [1.165, 1.54) is 6.20 Å². The molecule has 3 aromatic rings. The van der Waals surface area contributed by atoms with Crippen molar-refractivity contribution < 1.29 is 9.32 Å². The van der Waals surface area contributed by atoms with Crippen molar-refractivity contribution in [3.05, 3.63) is 47.9 Å². The Labute approximate surface area is 148 Å². The molecule has 0 spiro atoms. The molecule has 4 rings (SSSR count). The van der Waals surface area contributed by atoms with Crippen molar-refractivity contribution in [1.29, 1.82) is 0 Å². The average Bonchev–Trinajstić information content (AvgIpc) is 3.15. The van der Waals surface area contributed by atoms with Crippen molar-refractivity contribution in [1.82, 2.24) is 25.4 Å². The fourth-order valence-corrected chi connectivity index (χ4v) is 3.88. The van der Waals surface area contributed by atoms with Crippen LogP contribution in [0.3, 0.4) is 0 Å². The van der Waals surface area contributed by atoms with E-state index >= 15 is 0 Å². The van der Waals surface area contributed by atoms with Gasteiger partial charge in [-0.1, -0.05) is 17.3 Å². The second-order valence-electron chi connectivity index (χ2n) is 5.86. The van der Waals surface area contributed by atoms with E-state index in [9.17, 15) is 4.79 Å². The number of nitrogens with zero attached hydrogens (tertiary/aromatic N) is 4. The van der Waals surface area contributed by atoms with Gasteiger partial charge in [0.05, 0.1) is 23.8 Å². The first-order valence-corrected chi connectivity index (χ1v) is 9.35. The Morgan fingerprint density at radius 3 is 2.84 bits per heavy atom. The van der Waals surface area contributed by atoms with Gasteiger partial charge >= 0.3 is 0 Å². The first-order valence-electron chi connectivity index (χ1n) is 8.20. The molecule has 1 aliphatic rings. The van der Waals surface area contributed by atoms with Crippen molar-refractivity contribution in [3.8, 4) is 0 Å². The van der Waals surface area contributed by atoms with E-state index in [0.29, 0.717) is 17.3 Å². The van der Waals surface area contributed by atoms with Crippen LogP contribution in [0.4, 0.5) is 0 Å². The van der Waals surface area contributed by atoms with Gasteiger partial charge in [0, 0.05) is 5.92 Å². The third-order valence-corrected chi connectivity index (χ3v) is 5.20. The number of carbonyl (C=O) groups excluding carboxylic acids is 1. The van der Waals surface area contributed by atoms with E-state index in [1.807, 2.05) is 36.0 Å². The predicted molar refractivity (Wildman–Crippen MR) is 94.3 cm³/mol. The third kappa shape index (κ3) is 3.63. The molecule has 0 bridgehead atoms. The second kappa shape index (κ2) is 7.18. The maximum absolute atomic E-state index is 12.3.